The van der Waals surface area contributed by atoms with Crippen LogP contribution in [-0.4, -0.2) is 19.4 Å². The number of halogens is 1. The number of hydrogen-bond donors (Lipinski definition) is 0. The largest absolute Gasteiger partial charge is 0.490 e. The van der Waals surface area contributed by atoms with E-state index in [1.807, 2.05) is 50.2 Å². The second-order valence-corrected chi connectivity index (χ2v) is 5.36. The highest BCUT2D eigenvalue weighted by molar-refractivity contribution is 6.30. The maximum Gasteiger partial charge on any atom is 0.161 e. The summed E-state index contributed by atoms with van der Waals surface area (Å²) in [4.78, 5) is 4.51. The molecular formula is C19H20ClNO2. The highest BCUT2D eigenvalue weighted by atomic mass is 35.5. The summed E-state index contributed by atoms with van der Waals surface area (Å²) in [6, 6.07) is 11.4. The van der Waals surface area contributed by atoms with Crippen molar-refractivity contribution in [1.29, 1.82) is 0 Å². The maximum absolute atomic E-state index is 6.02. The predicted octanol–water partition coefficient (Wildman–Crippen LogP) is 5.36. The highest BCUT2D eigenvalue weighted by Crippen LogP contribution is 2.29. The Hall–Kier alpha value is -2.26. The van der Waals surface area contributed by atoms with Crippen molar-refractivity contribution in [3.05, 3.63) is 65.2 Å². The number of aryl methyl sites for hydroxylation is 1. The minimum absolute atomic E-state index is 0.440. The normalized spacial score (nSPS) is 10.7. The van der Waals surface area contributed by atoms with Crippen molar-refractivity contribution in [2.24, 2.45) is 4.99 Å². The SMILES string of the molecule is C=CCOc1ccc(C=Nc2cc(Cl)ccc2C)cc1OCC. The van der Waals surface area contributed by atoms with Crippen LogP contribution in [0.25, 0.3) is 0 Å². The third-order valence-electron chi connectivity index (χ3n) is 3.15. The van der Waals surface area contributed by atoms with Crippen molar-refractivity contribution >= 4 is 23.5 Å². The second-order valence-electron chi connectivity index (χ2n) is 4.93. The molecule has 23 heavy (non-hydrogen) atoms. The molecule has 2 aromatic carbocycles. The third-order valence-corrected chi connectivity index (χ3v) is 3.38. The number of nitrogens with zero attached hydrogens (tertiary/aromatic N) is 1. The van der Waals surface area contributed by atoms with Gasteiger partial charge in [-0.3, -0.25) is 4.99 Å². The maximum atomic E-state index is 6.02. The molecule has 2 aromatic rings. The van der Waals surface area contributed by atoms with Crippen molar-refractivity contribution in [3.8, 4) is 11.5 Å². The molecule has 4 heteroatoms. The Kier molecular flexibility index (Phi) is 6.24. The zero-order valence-electron chi connectivity index (χ0n) is 13.4. The van der Waals surface area contributed by atoms with E-state index in [4.69, 9.17) is 21.1 Å². The fraction of sp³-hybridized carbons (Fsp3) is 0.211. The van der Waals surface area contributed by atoms with Crippen molar-refractivity contribution in [2.45, 2.75) is 13.8 Å². The average Bonchev–Trinajstić information content (AvgIpc) is 2.55. The Morgan fingerprint density at radius 2 is 1.96 bits per heavy atom. The van der Waals surface area contributed by atoms with E-state index in [1.165, 1.54) is 0 Å². The van der Waals surface area contributed by atoms with Gasteiger partial charge in [-0.05, 0) is 55.3 Å². The molecule has 0 bridgehead atoms. The molecule has 0 radical (unpaired) electrons. The quantitative estimate of drug-likeness (QED) is 0.505. The fourth-order valence-corrected chi connectivity index (χ4v) is 2.17. The van der Waals surface area contributed by atoms with E-state index < -0.39 is 0 Å². The number of rotatable bonds is 7. The molecule has 0 aliphatic rings. The molecule has 0 aliphatic carbocycles. The molecule has 0 aliphatic heterocycles. The highest BCUT2D eigenvalue weighted by Gasteiger charge is 2.05. The van der Waals surface area contributed by atoms with Gasteiger partial charge in [-0.1, -0.05) is 30.3 Å². The second kappa shape index (κ2) is 8.39. The van der Waals surface area contributed by atoms with E-state index in [-0.39, 0.29) is 0 Å². The number of aliphatic imine (C=N–C) groups is 1. The Labute approximate surface area is 142 Å². The van der Waals surface area contributed by atoms with Gasteiger partial charge in [0.15, 0.2) is 11.5 Å². The minimum Gasteiger partial charge on any atom is -0.490 e. The van der Waals surface area contributed by atoms with Crippen LogP contribution in [0.15, 0.2) is 54.0 Å². The van der Waals surface area contributed by atoms with E-state index in [2.05, 4.69) is 11.6 Å². The van der Waals surface area contributed by atoms with E-state index in [9.17, 15) is 0 Å². The summed E-state index contributed by atoms with van der Waals surface area (Å²) in [5, 5.41) is 0.672. The first-order valence-corrected chi connectivity index (χ1v) is 7.82. The van der Waals surface area contributed by atoms with Gasteiger partial charge in [0.2, 0.25) is 0 Å². The first-order valence-electron chi connectivity index (χ1n) is 7.44. The lowest BCUT2D eigenvalue weighted by molar-refractivity contribution is 0.297. The Morgan fingerprint density at radius 1 is 1.13 bits per heavy atom. The lowest BCUT2D eigenvalue weighted by atomic mass is 10.2. The molecule has 120 valence electrons. The van der Waals surface area contributed by atoms with Crippen molar-refractivity contribution in [2.75, 3.05) is 13.2 Å². The standard InChI is InChI=1S/C19H20ClNO2/c1-4-10-23-18-9-7-15(11-19(18)22-5-2)13-21-17-12-16(20)8-6-14(17)3/h4,6-9,11-13H,1,5,10H2,2-3H3. The van der Waals surface area contributed by atoms with Crippen LogP contribution in [-0.2, 0) is 0 Å². The molecule has 0 atom stereocenters. The average molecular weight is 330 g/mol. The lowest BCUT2D eigenvalue weighted by Crippen LogP contribution is -1.99. The molecule has 2 rings (SSSR count). The van der Waals surface area contributed by atoms with E-state index in [0.717, 1.165) is 16.8 Å². The van der Waals surface area contributed by atoms with Gasteiger partial charge in [0, 0.05) is 11.2 Å². The summed E-state index contributed by atoms with van der Waals surface area (Å²) in [6.07, 6.45) is 3.49. The van der Waals surface area contributed by atoms with Gasteiger partial charge in [-0.2, -0.15) is 0 Å². The van der Waals surface area contributed by atoms with Gasteiger partial charge in [-0.25, -0.2) is 0 Å². The number of ether oxygens (including phenoxy) is 2. The summed E-state index contributed by atoms with van der Waals surface area (Å²) >= 11 is 6.02. The van der Waals surface area contributed by atoms with Crippen molar-refractivity contribution in [1.82, 2.24) is 0 Å². The Morgan fingerprint density at radius 3 is 2.70 bits per heavy atom. The van der Waals surface area contributed by atoms with Crippen LogP contribution < -0.4 is 9.47 Å². The zero-order chi connectivity index (χ0) is 16.7. The zero-order valence-corrected chi connectivity index (χ0v) is 14.1. The third kappa shape index (κ3) is 4.86. The molecule has 3 nitrogen and oxygen atoms in total. The van der Waals surface area contributed by atoms with Gasteiger partial charge in [0.05, 0.1) is 12.3 Å². The van der Waals surface area contributed by atoms with Crippen LogP contribution >= 0.6 is 11.6 Å². The monoisotopic (exact) mass is 329 g/mol. The van der Waals surface area contributed by atoms with Crippen LogP contribution in [0, 0.1) is 6.92 Å². The molecular weight excluding hydrogens is 310 g/mol. The molecule has 0 aromatic heterocycles. The molecule has 0 amide bonds. The van der Waals surface area contributed by atoms with Crippen LogP contribution in [0.3, 0.4) is 0 Å². The van der Waals surface area contributed by atoms with Crippen molar-refractivity contribution in [3.63, 3.8) is 0 Å². The summed E-state index contributed by atoms with van der Waals surface area (Å²) in [7, 11) is 0. The molecule has 0 N–H and O–H groups in total. The molecule has 0 saturated carbocycles. The summed E-state index contributed by atoms with van der Waals surface area (Å²) in [5.74, 6) is 1.39. The smallest absolute Gasteiger partial charge is 0.161 e. The summed E-state index contributed by atoms with van der Waals surface area (Å²) in [6.45, 7) is 8.60. The van der Waals surface area contributed by atoms with Gasteiger partial charge in [-0.15, -0.1) is 0 Å². The van der Waals surface area contributed by atoms with Gasteiger partial charge >= 0.3 is 0 Å². The summed E-state index contributed by atoms with van der Waals surface area (Å²) < 4.78 is 11.2. The van der Waals surface area contributed by atoms with E-state index in [1.54, 1.807) is 12.3 Å². The van der Waals surface area contributed by atoms with E-state index >= 15 is 0 Å². The van der Waals surface area contributed by atoms with Crippen LogP contribution in [0.2, 0.25) is 5.02 Å². The molecule has 0 fully saturated rings. The fourth-order valence-electron chi connectivity index (χ4n) is 2.01. The van der Waals surface area contributed by atoms with E-state index in [0.29, 0.717) is 29.7 Å². The topological polar surface area (TPSA) is 30.8 Å². The van der Waals surface area contributed by atoms with Gasteiger partial charge in [0.1, 0.15) is 6.61 Å². The first-order chi connectivity index (χ1) is 11.1. The van der Waals surface area contributed by atoms with Crippen LogP contribution in [0.5, 0.6) is 11.5 Å². The Bertz CT molecular complexity index is 711. The summed E-state index contributed by atoms with van der Waals surface area (Å²) in [5.41, 5.74) is 2.85. The Balaban J connectivity index is 2.25. The van der Waals surface area contributed by atoms with Crippen LogP contribution in [0.4, 0.5) is 5.69 Å². The number of benzene rings is 2. The molecule has 0 spiro atoms. The predicted molar refractivity (Wildman–Crippen MR) is 96.7 cm³/mol. The molecule has 0 heterocycles. The molecule has 0 saturated heterocycles. The lowest BCUT2D eigenvalue weighted by Gasteiger charge is -2.11. The first kappa shape index (κ1) is 17.1. The molecule has 0 unspecified atom stereocenters. The van der Waals surface area contributed by atoms with Gasteiger partial charge < -0.3 is 9.47 Å². The minimum atomic E-state index is 0.440. The van der Waals surface area contributed by atoms with Crippen molar-refractivity contribution < 1.29 is 9.47 Å². The number of hydrogen-bond acceptors (Lipinski definition) is 3. The van der Waals surface area contributed by atoms with Gasteiger partial charge in [0.25, 0.3) is 0 Å². The van der Waals surface area contributed by atoms with Crippen LogP contribution in [0.1, 0.15) is 18.1 Å².